The Morgan fingerprint density at radius 1 is 1.28 bits per heavy atom. The first-order chi connectivity index (χ1) is 12.1. The van der Waals surface area contributed by atoms with Gasteiger partial charge in [-0.05, 0) is 36.8 Å². The lowest BCUT2D eigenvalue weighted by Crippen LogP contribution is -2.25. The number of carbonyl (C=O) groups excluding carboxylic acids is 1. The quantitative estimate of drug-likeness (QED) is 0.718. The molecule has 0 aliphatic carbocycles. The molecule has 25 heavy (non-hydrogen) atoms. The maximum Gasteiger partial charge on any atom is 0.232 e. The summed E-state index contributed by atoms with van der Waals surface area (Å²) in [7, 11) is 0. The molecule has 0 bridgehead atoms. The van der Waals surface area contributed by atoms with Crippen molar-refractivity contribution in [1.82, 2.24) is 15.1 Å². The van der Waals surface area contributed by atoms with Gasteiger partial charge in [0.05, 0.1) is 5.92 Å². The maximum absolute atomic E-state index is 12.5. The molecular formula is C18H15ClN4O2. The normalized spacial score (nSPS) is 17.3. The van der Waals surface area contributed by atoms with Crippen molar-refractivity contribution in [3.8, 4) is 11.5 Å². The van der Waals surface area contributed by atoms with Crippen LogP contribution in [-0.2, 0) is 4.79 Å². The van der Waals surface area contributed by atoms with E-state index < -0.39 is 0 Å². The first kappa shape index (κ1) is 15.8. The maximum atomic E-state index is 12.5. The third kappa shape index (κ3) is 3.00. The predicted molar refractivity (Wildman–Crippen MR) is 93.4 cm³/mol. The Labute approximate surface area is 149 Å². The summed E-state index contributed by atoms with van der Waals surface area (Å²) in [5, 5.41) is 4.59. The lowest BCUT2D eigenvalue weighted by atomic mass is 10.1. The van der Waals surface area contributed by atoms with Crippen LogP contribution in [0.15, 0.2) is 47.1 Å². The summed E-state index contributed by atoms with van der Waals surface area (Å²) in [6, 6.07) is 11.0. The summed E-state index contributed by atoms with van der Waals surface area (Å²) in [5.74, 6) is 0.764. The summed E-state index contributed by atoms with van der Waals surface area (Å²) in [6.45, 7) is 2.45. The highest BCUT2D eigenvalue weighted by atomic mass is 35.5. The molecule has 7 heteroatoms. The van der Waals surface area contributed by atoms with Crippen molar-refractivity contribution < 1.29 is 9.32 Å². The number of pyridine rings is 1. The van der Waals surface area contributed by atoms with Gasteiger partial charge in [0.2, 0.25) is 17.6 Å². The number of amides is 1. The van der Waals surface area contributed by atoms with E-state index in [0.29, 0.717) is 35.4 Å². The number of hydrogen-bond acceptors (Lipinski definition) is 5. The van der Waals surface area contributed by atoms with E-state index in [-0.39, 0.29) is 11.8 Å². The highest BCUT2D eigenvalue weighted by molar-refractivity contribution is 6.31. The first-order valence-corrected chi connectivity index (χ1v) is 8.31. The van der Waals surface area contributed by atoms with Gasteiger partial charge in [-0.3, -0.25) is 9.78 Å². The number of halogens is 1. The van der Waals surface area contributed by atoms with E-state index in [2.05, 4.69) is 15.1 Å². The summed E-state index contributed by atoms with van der Waals surface area (Å²) < 4.78 is 5.38. The number of hydrogen-bond donors (Lipinski definition) is 0. The van der Waals surface area contributed by atoms with Crippen LogP contribution in [0.5, 0.6) is 0 Å². The first-order valence-electron chi connectivity index (χ1n) is 7.93. The minimum absolute atomic E-state index is 0.0213. The zero-order valence-corrected chi connectivity index (χ0v) is 14.3. The van der Waals surface area contributed by atoms with Gasteiger partial charge in [-0.25, -0.2) is 0 Å². The second kappa shape index (κ2) is 6.29. The molecule has 1 amide bonds. The van der Waals surface area contributed by atoms with E-state index in [0.717, 1.165) is 11.3 Å². The van der Waals surface area contributed by atoms with Crippen LogP contribution in [0.1, 0.15) is 23.8 Å². The molecule has 1 aromatic carbocycles. The Balaban J connectivity index is 1.59. The van der Waals surface area contributed by atoms with Crippen LogP contribution in [0.25, 0.3) is 11.5 Å². The number of aryl methyl sites for hydroxylation is 1. The molecule has 0 N–H and O–H groups in total. The lowest BCUT2D eigenvalue weighted by Gasteiger charge is -2.18. The molecule has 1 unspecified atom stereocenters. The van der Waals surface area contributed by atoms with Gasteiger partial charge in [0.25, 0.3) is 0 Å². The van der Waals surface area contributed by atoms with Crippen molar-refractivity contribution in [1.29, 1.82) is 0 Å². The molecule has 3 heterocycles. The Morgan fingerprint density at radius 2 is 2.16 bits per heavy atom. The molecule has 0 saturated carbocycles. The summed E-state index contributed by atoms with van der Waals surface area (Å²) in [6.07, 6.45) is 2.00. The van der Waals surface area contributed by atoms with Crippen molar-refractivity contribution in [2.45, 2.75) is 19.3 Å². The Hall–Kier alpha value is -2.73. The van der Waals surface area contributed by atoms with E-state index in [9.17, 15) is 4.79 Å². The van der Waals surface area contributed by atoms with E-state index >= 15 is 0 Å². The average molecular weight is 355 g/mol. The molecule has 1 fully saturated rings. The van der Waals surface area contributed by atoms with Crippen LogP contribution in [-0.4, -0.2) is 27.6 Å². The average Bonchev–Trinajstić information content (AvgIpc) is 3.25. The van der Waals surface area contributed by atoms with Crippen LogP contribution in [0.3, 0.4) is 0 Å². The van der Waals surface area contributed by atoms with Gasteiger partial charge in [-0.15, -0.1) is 0 Å². The molecule has 1 saturated heterocycles. The fourth-order valence-electron chi connectivity index (χ4n) is 2.98. The largest absolute Gasteiger partial charge is 0.339 e. The van der Waals surface area contributed by atoms with Gasteiger partial charge in [0.15, 0.2) is 0 Å². The van der Waals surface area contributed by atoms with Crippen molar-refractivity contribution >= 4 is 23.2 Å². The van der Waals surface area contributed by atoms with Crippen LogP contribution in [0, 0.1) is 6.92 Å². The number of benzene rings is 1. The monoisotopic (exact) mass is 354 g/mol. The van der Waals surface area contributed by atoms with E-state index in [4.69, 9.17) is 16.1 Å². The molecule has 0 spiro atoms. The standard InChI is InChI=1S/C18H15ClN4O2/c1-11-5-6-13(19)9-15(11)23-10-12(8-16(23)24)18-21-17(22-25-18)14-4-2-3-7-20-14/h2-7,9,12H,8,10H2,1H3. The third-order valence-corrected chi connectivity index (χ3v) is 4.51. The lowest BCUT2D eigenvalue weighted by molar-refractivity contribution is -0.117. The minimum atomic E-state index is -0.143. The van der Waals surface area contributed by atoms with Gasteiger partial charge < -0.3 is 9.42 Å². The van der Waals surface area contributed by atoms with Gasteiger partial charge in [-0.1, -0.05) is 28.9 Å². The van der Waals surface area contributed by atoms with E-state index in [1.165, 1.54) is 0 Å². The van der Waals surface area contributed by atoms with Crippen LogP contribution in [0.4, 0.5) is 5.69 Å². The van der Waals surface area contributed by atoms with Gasteiger partial charge in [-0.2, -0.15) is 4.98 Å². The van der Waals surface area contributed by atoms with E-state index in [1.807, 2.05) is 43.3 Å². The number of aromatic nitrogens is 3. The van der Waals surface area contributed by atoms with Crippen LogP contribution >= 0.6 is 11.6 Å². The molecule has 2 aromatic heterocycles. The number of anilines is 1. The third-order valence-electron chi connectivity index (χ3n) is 4.27. The molecule has 4 rings (SSSR count). The molecule has 126 valence electrons. The highest BCUT2D eigenvalue weighted by Gasteiger charge is 2.35. The smallest absolute Gasteiger partial charge is 0.232 e. The van der Waals surface area contributed by atoms with E-state index in [1.54, 1.807) is 11.1 Å². The number of nitrogens with zero attached hydrogens (tertiary/aromatic N) is 4. The molecule has 6 nitrogen and oxygen atoms in total. The molecule has 1 atom stereocenters. The van der Waals surface area contributed by atoms with Crippen molar-refractivity contribution in [2.75, 3.05) is 11.4 Å². The summed E-state index contributed by atoms with van der Waals surface area (Å²) >= 11 is 6.08. The SMILES string of the molecule is Cc1ccc(Cl)cc1N1CC(c2nc(-c3ccccn3)no2)CC1=O. The fraction of sp³-hybridized carbons (Fsp3) is 0.222. The van der Waals surface area contributed by atoms with Gasteiger partial charge >= 0.3 is 0 Å². The van der Waals surface area contributed by atoms with Crippen molar-refractivity contribution in [3.05, 3.63) is 59.1 Å². The van der Waals surface area contributed by atoms with Crippen molar-refractivity contribution in [3.63, 3.8) is 0 Å². The second-order valence-electron chi connectivity index (χ2n) is 6.01. The molecule has 1 aliphatic rings. The molecular weight excluding hydrogens is 340 g/mol. The topological polar surface area (TPSA) is 72.1 Å². The number of rotatable bonds is 3. The summed E-state index contributed by atoms with van der Waals surface area (Å²) in [5.41, 5.74) is 2.46. The van der Waals surface area contributed by atoms with Gasteiger partial charge in [0.1, 0.15) is 5.69 Å². The Kier molecular flexibility index (Phi) is 3.97. The zero-order chi connectivity index (χ0) is 17.4. The van der Waals surface area contributed by atoms with Gasteiger partial charge in [0, 0.05) is 29.9 Å². The number of carbonyl (C=O) groups is 1. The molecule has 0 radical (unpaired) electrons. The fourth-order valence-corrected chi connectivity index (χ4v) is 3.15. The Bertz CT molecular complexity index is 926. The zero-order valence-electron chi connectivity index (χ0n) is 13.5. The highest BCUT2D eigenvalue weighted by Crippen LogP contribution is 2.34. The van der Waals surface area contributed by atoms with Crippen LogP contribution in [0.2, 0.25) is 5.02 Å². The Morgan fingerprint density at radius 3 is 2.96 bits per heavy atom. The molecule has 3 aromatic rings. The van der Waals surface area contributed by atoms with Crippen LogP contribution < -0.4 is 4.90 Å². The second-order valence-corrected chi connectivity index (χ2v) is 6.44. The minimum Gasteiger partial charge on any atom is -0.339 e. The molecule has 1 aliphatic heterocycles. The van der Waals surface area contributed by atoms with Crippen molar-refractivity contribution in [2.24, 2.45) is 0 Å². The summed E-state index contributed by atoms with van der Waals surface area (Å²) in [4.78, 5) is 22.8. The predicted octanol–water partition coefficient (Wildman–Crippen LogP) is 3.61.